The number of halogens is 4. The largest absolute Gasteiger partial charge is 0.307 e. The average Bonchev–Trinajstić information content (AvgIpc) is 2.01. The molecule has 5 heteroatoms. The van der Waals surface area contributed by atoms with E-state index in [0.717, 1.165) is 18.2 Å². The Kier molecular flexibility index (Phi) is 3.88. The molecule has 78 valence electrons. The Morgan fingerprint density at radius 2 is 1.64 bits per heavy atom. The first-order chi connectivity index (χ1) is 6.58. The molecule has 0 aliphatic heterocycles. The van der Waals surface area contributed by atoms with Crippen molar-refractivity contribution in [1.82, 2.24) is 5.32 Å². The molecule has 0 aliphatic rings. The van der Waals surface area contributed by atoms with Crippen molar-refractivity contribution in [2.24, 2.45) is 0 Å². The fraction of sp³-hybridized carbons (Fsp3) is 0.333. The van der Waals surface area contributed by atoms with Gasteiger partial charge in [-0.25, -0.2) is 17.6 Å². The van der Waals surface area contributed by atoms with Gasteiger partial charge < -0.3 is 5.32 Å². The molecule has 0 amide bonds. The van der Waals surface area contributed by atoms with Gasteiger partial charge in [-0.1, -0.05) is 0 Å². The van der Waals surface area contributed by atoms with Crippen LogP contribution < -0.4 is 5.32 Å². The van der Waals surface area contributed by atoms with Crippen LogP contribution in [0.25, 0.3) is 0 Å². The summed E-state index contributed by atoms with van der Waals surface area (Å²) in [4.78, 5) is 0. The first-order valence-electron chi connectivity index (χ1n) is 4.02. The zero-order chi connectivity index (χ0) is 10.6. The van der Waals surface area contributed by atoms with Crippen LogP contribution in [-0.4, -0.2) is 13.0 Å². The minimum absolute atomic E-state index is 0.0268. The molecule has 0 aromatic heterocycles. The van der Waals surface area contributed by atoms with Crippen LogP contribution in [0.4, 0.5) is 17.6 Å². The van der Waals surface area contributed by atoms with Gasteiger partial charge >= 0.3 is 0 Å². The maximum atomic E-state index is 12.6. The maximum absolute atomic E-state index is 12.6. The molecule has 0 saturated carbocycles. The summed E-state index contributed by atoms with van der Waals surface area (Å²) in [6.45, 7) is -0.461. The van der Waals surface area contributed by atoms with Gasteiger partial charge in [-0.2, -0.15) is 0 Å². The molecule has 1 nitrogen and oxygen atoms in total. The topological polar surface area (TPSA) is 12.0 Å². The van der Waals surface area contributed by atoms with E-state index in [-0.39, 0.29) is 6.54 Å². The van der Waals surface area contributed by atoms with Crippen LogP contribution >= 0.6 is 0 Å². The molecule has 0 spiro atoms. The van der Waals surface area contributed by atoms with Gasteiger partial charge in [0.05, 0.1) is 6.54 Å². The predicted molar refractivity (Wildman–Crippen MR) is 44.1 cm³/mol. The van der Waals surface area contributed by atoms with Gasteiger partial charge in [-0.05, 0) is 17.7 Å². The van der Waals surface area contributed by atoms with E-state index in [1.807, 2.05) is 0 Å². The van der Waals surface area contributed by atoms with E-state index in [9.17, 15) is 17.6 Å². The fourth-order valence-electron chi connectivity index (χ4n) is 1.04. The Labute approximate surface area is 78.7 Å². The quantitative estimate of drug-likeness (QED) is 0.747. The molecule has 0 atom stereocenters. The van der Waals surface area contributed by atoms with Gasteiger partial charge in [0.1, 0.15) is 11.6 Å². The summed E-state index contributed by atoms with van der Waals surface area (Å²) < 4.78 is 48.6. The number of rotatable bonds is 4. The summed E-state index contributed by atoms with van der Waals surface area (Å²) in [5.41, 5.74) is 0.308. The Bertz CT molecular complexity index is 281. The van der Waals surface area contributed by atoms with Crippen LogP contribution in [0.5, 0.6) is 0 Å². The summed E-state index contributed by atoms with van der Waals surface area (Å²) in [5, 5.41) is 2.37. The highest BCUT2D eigenvalue weighted by Gasteiger charge is 2.03. The van der Waals surface area contributed by atoms with E-state index >= 15 is 0 Å². The lowest BCUT2D eigenvalue weighted by Gasteiger charge is -2.04. The van der Waals surface area contributed by atoms with E-state index in [2.05, 4.69) is 5.32 Å². The molecule has 14 heavy (non-hydrogen) atoms. The van der Waals surface area contributed by atoms with E-state index in [4.69, 9.17) is 0 Å². The van der Waals surface area contributed by atoms with Gasteiger partial charge in [0.25, 0.3) is 6.43 Å². The van der Waals surface area contributed by atoms with Crippen molar-refractivity contribution >= 4 is 0 Å². The molecule has 0 radical (unpaired) electrons. The molecular weight excluding hydrogens is 198 g/mol. The average molecular weight is 207 g/mol. The van der Waals surface area contributed by atoms with E-state index in [1.54, 1.807) is 0 Å². The summed E-state index contributed by atoms with van der Waals surface area (Å²) in [7, 11) is 0. The third kappa shape index (κ3) is 3.74. The third-order valence-corrected chi connectivity index (χ3v) is 1.55. The van der Waals surface area contributed by atoms with Crippen LogP contribution in [0.3, 0.4) is 0 Å². The number of alkyl halides is 2. The van der Waals surface area contributed by atoms with Crippen molar-refractivity contribution < 1.29 is 17.6 Å². The lowest BCUT2D eigenvalue weighted by atomic mass is 10.2. The molecule has 0 unspecified atom stereocenters. The number of nitrogens with one attached hydrogen (secondary N) is 1. The third-order valence-electron chi connectivity index (χ3n) is 1.55. The van der Waals surface area contributed by atoms with Crippen molar-refractivity contribution in [3.63, 3.8) is 0 Å². The van der Waals surface area contributed by atoms with Gasteiger partial charge in [-0.3, -0.25) is 0 Å². The second-order valence-corrected chi connectivity index (χ2v) is 2.80. The Morgan fingerprint density at radius 3 is 2.14 bits per heavy atom. The Morgan fingerprint density at radius 1 is 1.07 bits per heavy atom. The molecule has 1 aromatic rings. The predicted octanol–water partition coefficient (Wildman–Crippen LogP) is 2.32. The molecule has 1 aromatic carbocycles. The minimum Gasteiger partial charge on any atom is -0.307 e. The van der Waals surface area contributed by atoms with E-state index in [0.29, 0.717) is 5.56 Å². The number of hydrogen-bond acceptors (Lipinski definition) is 1. The lowest BCUT2D eigenvalue weighted by Crippen LogP contribution is -2.20. The van der Waals surface area contributed by atoms with Crippen molar-refractivity contribution in [2.75, 3.05) is 6.54 Å². The molecule has 1 N–H and O–H groups in total. The summed E-state index contributed by atoms with van der Waals surface area (Å²) in [6, 6.07) is 2.93. The van der Waals surface area contributed by atoms with Crippen LogP contribution in [-0.2, 0) is 6.54 Å². The molecule has 0 bridgehead atoms. The normalized spacial score (nSPS) is 10.9. The summed E-state index contributed by atoms with van der Waals surface area (Å²) in [6.07, 6.45) is -2.46. The SMILES string of the molecule is Fc1cc(F)cc(CNCC(F)F)c1. The van der Waals surface area contributed by atoms with Crippen LogP contribution in [0.15, 0.2) is 18.2 Å². The maximum Gasteiger partial charge on any atom is 0.250 e. The fourth-order valence-corrected chi connectivity index (χ4v) is 1.04. The van der Waals surface area contributed by atoms with Crippen molar-refractivity contribution in [1.29, 1.82) is 0 Å². The first kappa shape index (κ1) is 11.0. The van der Waals surface area contributed by atoms with Crippen LogP contribution in [0.2, 0.25) is 0 Å². The monoisotopic (exact) mass is 207 g/mol. The zero-order valence-electron chi connectivity index (χ0n) is 7.24. The lowest BCUT2D eigenvalue weighted by molar-refractivity contribution is 0.145. The molecule has 0 fully saturated rings. The standard InChI is InChI=1S/C9H9F4N/c10-7-1-6(2-8(11)3-7)4-14-5-9(12)13/h1-3,9,14H,4-5H2. The first-order valence-corrected chi connectivity index (χ1v) is 4.02. The van der Waals surface area contributed by atoms with Gasteiger partial charge in [0.15, 0.2) is 0 Å². The highest BCUT2D eigenvalue weighted by molar-refractivity contribution is 5.17. The zero-order valence-corrected chi connectivity index (χ0v) is 7.24. The van der Waals surface area contributed by atoms with Gasteiger partial charge in [-0.15, -0.1) is 0 Å². The van der Waals surface area contributed by atoms with E-state index < -0.39 is 24.6 Å². The van der Waals surface area contributed by atoms with Gasteiger partial charge in [0, 0.05) is 12.6 Å². The van der Waals surface area contributed by atoms with Crippen molar-refractivity contribution in [3.05, 3.63) is 35.4 Å². The second kappa shape index (κ2) is 4.95. The smallest absolute Gasteiger partial charge is 0.250 e. The molecule has 0 heterocycles. The molecule has 0 aliphatic carbocycles. The number of benzene rings is 1. The summed E-state index contributed by atoms with van der Waals surface area (Å²) >= 11 is 0. The molecule has 1 rings (SSSR count). The highest BCUT2D eigenvalue weighted by atomic mass is 19.3. The van der Waals surface area contributed by atoms with Gasteiger partial charge in [0.2, 0.25) is 0 Å². The summed E-state index contributed by atoms with van der Waals surface area (Å²) in [5.74, 6) is -1.42. The Balaban J connectivity index is 2.50. The highest BCUT2D eigenvalue weighted by Crippen LogP contribution is 2.07. The van der Waals surface area contributed by atoms with Crippen molar-refractivity contribution in [3.8, 4) is 0 Å². The van der Waals surface area contributed by atoms with Crippen LogP contribution in [0, 0.1) is 11.6 Å². The van der Waals surface area contributed by atoms with Crippen molar-refractivity contribution in [2.45, 2.75) is 13.0 Å². The molecular formula is C9H9F4N. The van der Waals surface area contributed by atoms with E-state index in [1.165, 1.54) is 0 Å². The Hall–Kier alpha value is -1.10. The second-order valence-electron chi connectivity index (χ2n) is 2.80. The molecule has 0 saturated heterocycles. The number of hydrogen-bond donors (Lipinski definition) is 1. The van der Waals surface area contributed by atoms with Crippen LogP contribution in [0.1, 0.15) is 5.56 Å². The minimum atomic E-state index is -2.46.